The van der Waals surface area contributed by atoms with Gasteiger partial charge in [0.25, 0.3) is 0 Å². The highest BCUT2D eigenvalue weighted by Gasteiger charge is 2.11. The number of benzene rings is 1. The highest BCUT2D eigenvalue weighted by molar-refractivity contribution is 5.86. The van der Waals surface area contributed by atoms with Gasteiger partial charge < -0.3 is 18.7 Å². The van der Waals surface area contributed by atoms with Gasteiger partial charge in [0, 0.05) is 23.7 Å². The summed E-state index contributed by atoms with van der Waals surface area (Å²) in [5, 5.41) is 12.0. The molecule has 0 aliphatic carbocycles. The average Bonchev–Trinajstić information content (AvgIpc) is 3.40. The number of hydrogen-bond acceptors (Lipinski definition) is 5. The monoisotopic (exact) mass is 350 g/mol. The quantitative estimate of drug-likeness (QED) is 0.577. The number of rotatable bonds is 6. The third-order valence-electron chi connectivity index (χ3n) is 4.14. The molecule has 0 saturated heterocycles. The van der Waals surface area contributed by atoms with Crippen molar-refractivity contribution in [3.63, 3.8) is 0 Å². The molecular formula is C19H18N4O3. The fraction of sp³-hybridized carbons (Fsp3) is 0.211. The number of hydrogen-bond donors (Lipinski definition) is 1. The fourth-order valence-corrected chi connectivity index (χ4v) is 2.78. The van der Waals surface area contributed by atoms with E-state index in [1.807, 2.05) is 48.0 Å². The number of carbonyl (C=O) groups is 1. The molecule has 0 spiro atoms. The van der Waals surface area contributed by atoms with Crippen LogP contribution in [0.1, 0.15) is 18.6 Å². The minimum Gasteiger partial charge on any atom is -0.467 e. The summed E-state index contributed by atoms with van der Waals surface area (Å²) in [6, 6.07) is 11.5. The first-order valence-corrected chi connectivity index (χ1v) is 8.43. The van der Waals surface area contributed by atoms with Crippen molar-refractivity contribution >= 4 is 16.8 Å². The fourth-order valence-electron chi connectivity index (χ4n) is 2.78. The van der Waals surface area contributed by atoms with Crippen LogP contribution in [0.5, 0.6) is 0 Å². The van der Waals surface area contributed by atoms with E-state index in [-0.39, 0.29) is 12.5 Å². The smallest absolute Gasteiger partial charge is 0.247 e. The van der Waals surface area contributed by atoms with Crippen molar-refractivity contribution < 1.29 is 13.6 Å². The number of carbonyl (C=O) groups excluding carboxylic acids is 1. The molecule has 7 nitrogen and oxygen atoms in total. The highest BCUT2D eigenvalue weighted by Crippen LogP contribution is 2.24. The van der Waals surface area contributed by atoms with Crippen LogP contribution in [0.3, 0.4) is 0 Å². The third kappa shape index (κ3) is 3.23. The van der Waals surface area contributed by atoms with Gasteiger partial charge >= 0.3 is 0 Å². The van der Waals surface area contributed by atoms with Crippen molar-refractivity contribution in [2.45, 2.75) is 26.4 Å². The lowest BCUT2D eigenvalue weighted by atomic mass is 10.1. The number of furan rings is 1. The molecule has 132 valence electrons. The highest BCUT2D eigenvalue weighted by atomic mass is 16.4. The Morgan fingerprint density at radius 3 is 2.92 bits per heavy atom. The Kier molecular flexibility index (Phi) is 4.27. The van der Waals surface area contributed by atoms with Gasteiger partial charge in [0.15, 0.2) is 0 Å². The summed E-state index contributed by atoms with van der Waals surface area (Å²) in [6.45, 7) is 2.56. The van der Waals surface area contributed by atoms with Crippen molar-refractivity contribution in [3.05, 3.63) is 60.5 Å². The standard InChI is InChI=1S/C19H18N4O3/c1-2-18-21-22-19(26-18)14-6-5-13-7-8-23(16(13)10-14)12-17(24)20-11-15-4-3-9-25-15/h3-10H,2,11-12H2,1H3,(H,20,24). The van der Waals surface area contributed by atoms with E-state index in [0.29, 0.717) is 24.7 Å². The van der Waals surface area contributed by atoms with Gasteiger partial charge in [-0.15, -0.1) is 10.2 Å². The Morgan fingerprint density at radius 1 is 1.23 bits per heavy atom. The molecular weight excluding hydrogens is 332 g/mol. The second kappa shape index (κ2) is 6.87. The molecule has 0 saturated carbocycles. The lowest BCUT2D eigenvalue weighted by molar-refractivity contribution is -0.121. The molecule has 0 bridgehead atoms. The molecule has 1 aromatic carbocycles. The molecule has 0 atom stereocenters. The van der Waals surface area contributed by atoms with Gasteiger partial charge in [-0.1, -0.05) is 13.0 Å². The van der Waals surface area contributed by atoms with Gasteiger partial charge in [0.2, 0.25) is 17.7 Å². The number of amides is 1. The molecule has 0 aliphatic rings. The summed E-state index contributed by atoms with van der Waals surface area (Å²) >= 11 is 0. The summed E-state index contributed by atoms with van der Waals surface area (Å²) in [4.78, 5) is 12.2. The van der Waals surface area contributed by atoms with E-state index < -0.39 is 0 Å². The average molecular weight is 350 g/mol. The van der Waals surface area contributed by atoms with Crippen LogP contribution in [0.2, 0.25) is 0 Å². The molecule has 0 radical (unpaired) electrons. The summed E-state index contributed by atoms with van der Waals surface area (Å²) in [7, 11) is 0. The molecule has 3 heterocycles. The largest absolute Gasteiger partial charge is 0.467 e. The maximum Gasteiger partial charge on any atom is 0.247 e. The van der Waals surface area contributed by atoms with E-state index in [1.165, 1.54) is 0 Å². The number of nitrogens with zero attached hydrogens (tertiary/aromatic N) is 3. The zero-order chi connectivity index (χ0) is 17.9. The van der Waals surface area contributed by atoms with Gasteiger partial charge in [0.05, 0.1) is 12.8 Å². The van der Waals surface area contributed by atoms with Crippen molar-refractivity contribution in [1.82, 2.24) is 20.1 Å². The Morgan fingerprint density at radius 2 is 2.15 bits per heavy atom. The van der Waals surface area contributed by atoms with Crippen LogP contribution >= 0.6 is 0 Å². The van der Waals surface area contributed by atoms with Crippen LogP contribution in [0.25, 0.3) is 22.4 Å². The van der Waals surface area contributed by atoms with E-state index >= 15 is 0 Å². The van der Waals surface area contributed by atoms with Crippen LogP contribution in [0.4, 0.5) is 0 Å². The van der Waals surface area contributed by atoms with Crippen molar-refractivity contribution in [2.24, 2.45) is 0 Å². The predicted octanol–water partition coefficient (Wildman–Crippen LogP) is 3.16. The van der Waals surface area contributed by atoms with Crippen LogP contribution < -0.4 is 5.32 Å². The first-order chi connectivity index (χ1) is 12.7. The second-order valence-electron chi connectivity index (χ2n) is 5.93. The number of nitrogens with one attached hydrogen (secondary N) is 1. The maximum absolute atomic E-state index is 12.2. The molecule has 4 aromatic rings. The van der Waals surface area contributed by atoms with E-state index in [4.69, 9.17) is 8.83 Å². The maximum atomic E-state index is 12.2. The predicted molar refractivity (Wildman–Crippen MR) is 95.2 cm³/mol. The minimum atomic E-state index is -0.0876. The number of fused-ring (bicyclic) bond motifs is 1. The van der Waals surface area contributed by atoms with Gasteiger partial charge in [-0.2, -0.15) is 0 Å². The summed E-state index contributed by atoms with van der Waals surface area (Å²) < 4.78 is 12.7. The van der Waals surface area contributed by atoms with Crippen molar-refractivity contribution in [2.75, 3.05) is 0 Å². The van der Waals surface area contributed by atoms with Gasteiger partial charge in [-0.25, -0.2) is 0 Å². The van der Waals surface area contributed by atoms with E-state index in [2.05, 4.69) is 15.5 Å². The molecule has 0 fully saturated rings. The zero-order valence-corrected chi connectivity index (χ0v) is 14.3. The number of aryl methyl sites for hydroxylation is 1. The molecule has 1 amide bonds. The molecule has 26 heavy (non-hydrogen) atoms. The second-order valence-corrected chi connectivity index (χ2v) is 5.93. The molecule has 7 heteroatoms. The normalized spacial score (nSPS) is 11.1. The van der Waals surface area contributed by atoms with Crippen molar-refractivity contribution in [1.29, 1.82) is 0 Å². The molecule has 0 aliphatic heterocycles. The van der Waals surface area contributed by atoms with Crippen LogP contribution in [-0.4, -0.2) is 20.7 Å². The topological polar surface area (TPSA) is 86.1 Å². The third-order valence-corrected chi connectivity index (χ3v) is 4.14. The minimum absolute atomic E-state index is 0.0876. The van der Waals surface area contributed by atoms with E-state index in [1.54, 1.807) is 12.3 Å². The molecule has 3 aromatic heterocycles. The first-order valence-electron chi connectivity index (χ1n) is 8.43. The van der Waals surface area contributed by atoms with E-state index in [9.17, 15) is 4.79 Å². The molecule has 0 unspecified atom stereocenters. The van der Waals surface area contributed by atoms with Crippen LogP contribution in [-0.2, 0) is 24.3 Å². The Balaban J connectivity index is 1.53. The van der Waals surface area contributed by atoms with Crippen LogP contribution in [0, 0.1) is 0 Å². The Labute approximate surface area is 149 Å². The molecule has 1 N–H and O–H groups in total. The van der Waals surface area contributed by atoms with Gasteiger partial charge in [-0.05, 0) is 35.7 Å². The Bertz CT molecular complexity index is 1030. The van der Waals surface area contributed by atoms with Gasteiger partial charge in [-0.3, -0.25) is 4.79 Å². The summed E-state index contributed by atoms with van der Waals surface area (Å²) in [5.74, 6) is 1.73. The first kappa shape index (κ1) is 16.1. The number of aromatic nitrogens is 3. The Hall–Kier alpha value is -3.35. The van der Waals surface area contributed by atoms with E-state index in [0.717, 1.165) is 22.2 Å². The summed E-state index contributed by atoms with van der Waals surface area (Å²) in [6.07, 6.45) is 4.18. The van der Waals surface area contributed by atoms with Crippen LogP contribution in [0.15, 0.2) is 57.7 Å². The van der Waals surface area contributed by atoms with Crippen molar-refractivity contribution in [3.8, 4) is 11.5 Å². The van der Waals surface area contributed by atoms with Gasteiger partial charge in [0.1, 0.15) is 12.3 Å². The zero-order valence-electron chi connectivity index (χ0n) is 14.3. The lowest BCUT2D eigenvalue weighted by Gasteiger charge is -2.07. The molecule has 4 rings (SSSR count). The SMILES string of the molecule is CCc1nnc(-c2ccc3ccn(CC(=O)NCc4ccco4)c3c2)o1. The lowest BCUT2D eigenvalue weighted by Crippen LogP contribution is -2.26. The summed E-state index contributed by atoms with van der Waals surface area (Å²) in [5.41, 5.74) is 1.77.